The van der Waals surface area contributed by atoms with Crippen LogP contribution in [0, 0.1) is 0 Å². The van der Waals surface area contributed by atoms with Crippen molar-refractivity contribution in [3.8, 4) is 0 Å². The lowest BCUT2D eigenvalue weighted by atomic mass is 10.2. The molecule has 8 heteroatoms. The number of hydrazone groups is 1. The molecule has 0 aromatic carbocycles. The highest BCUT2D eigenvalue weighted by Gasteiger charge is 2.15. The van der Waals surface area contributed by atoms with Gasteiger partial charge in [-0.15, -0.1) is 0 Å². The van der Waals surface area contributed by atoms with Gasteiger partial charge in [0.25, 0.3) is 0 Å². The van der Waals surface area contributed by atoms with Gasteiger partial charge < -0.3 is 4.74 Å². The van der Waals surface area contributed by atoms with Crippen LogP contribution in [0.15, 0.2) is 41.7 Å². The Hall–Kier alpha value is -2.48. The molecule has 2 aliphatic heterocycles. The van der Waals surface area contributed by atoms with E-state index in [2.05, 4.69) is 26.6 Å². The van der Waals surface area contributed by atoms with Crippen LogP contribution >= 0.6 is 0 Å². The number of allylic oxidation sites excluding steroid dienone is 1. The van der Waals surface area contributed by atoms with Crippen molar-refractivity contribution < 1.29 is 4.74 Å². The number of rotatable bonds is 5. The number of nitrogens with zero attached hydrogens (tertiary/aromatic N) is 4. The zero-order valence-corrected chi connectivity index (χ0v) is 10.5. The fourth-order valence-corrected chi connectivity index (χ4v) is 1.78. The highest BCUT2D eigenvalue weighted by Crippen LogP contribution is 2.13. The minimum Gasteiger partial charge on any atom is -0.383 e. The van der Waals surface area contributed by atoms with E-state index in [0.29, 0.717) is 6.61 Å². The number of hydrogen-bond donors (Lipinski definition) is 3. The molecule has 0 spiro atoms. The van der Waals surface area contributed by atoms with E-state index < -0.39 is 0 Å². The molecular formula is C11H15N7O. The van der Waals surface area contributed by atoms with Crippen LogP contribution in [0.4, 0.5) is 5.69 Å². The highest BCUT2D eigenvalue weighted by atomic mass is 16.5. The topological polar surface area (TPSA) is 78.7 Å². The Bertz CT molecular complexity index is 545. The first kappa shape index (κ1) is 11.6. The van der Waals surface area contributed by atoms with Crippen LogP contribution in [-0.4, -0.2) is 34.2 Å². The monoisotopic (exact) mass is 261 g/mol. The van der Waals surface area contributed by atoms with Crippen molar-refractivity contribution >= 4 is 11.4 Å². The zero-order chi connectivity index (χ0) is 13.1. The summed E-state index contributed by atoms with van der Waals surface area (Å²) in [5.41, 5.74) is 11.6. The SMILES string of the molecule is COCCn1cc(NN2C=CC3=NNNC3=C2)cn1. The number of hydrazine groups is 2. The smallest absolute Gasteiger partial charge is 0.113 e. The van der Waals surface area contributed by atoms with Crippen molar-refractivity contribution in [1.82, 2.24) is 25.7 Å². The summed E-state index contributed by atoms with van der Waals surface area (Å²) in [6, 6.07) is 0. The van der Waals surface area contributed by atoms with Gasteiger partial charge >= 0.3 is 0 Å². The number of ether oxygens (including phenoxy) is 1. The Morgan fingerprint density at radius 2 is 2.42 bits per heavy atom. The molecule has 0 atom stereocenters. The lowest BCUT2D eigenvalue weighted by Crippen LogP contribution is -2.27. The van der Waals surface area contributed by atoms with Crippen molar-refractivity contribution in [2.45, 2.75) is 6.54 Å². The molecule has 8 nitrogen and oxygen atoms in total. The molecule has 0 unspecified atom stereocenters. The van der Waals surface area contributed by atoms with Gasteiger partial charge in [0.15, 0.2) is 0 Å². The van der Waals surface area contributed by atoms with Crippen LogP contribution in [0.5, 0.6) is 0 Å². The normalized spacial score (nSPS) is 16.4. The van der Waals surface area contributed by atoms with Gasteiger partial charge in [0.05, 0.1) is 31.2 Å². The molecule has 0 saturated carbocycles. The van der Waals surface area contributed by atoms with Gasteiger partial charge in [0.1, 0.15) is 11.4 Å². The molecule has 0 aliphatic carbocycles. The first-order valence-electron chi connectivity index (χ1n) is 5.90. The highest BCUT2D eigenvalue weighted by molar-refractivity contribution is 6.09. The Labute approximate surface area is 110 Å². The summed E-state index contributed by atoms with van der Waals surface area (Å²) >= 11 is 0. The molecule has 0 saturated heterocycles. The number of fused-ring (bicyclic) bond motifs is 1. The molecule has 3 rings (SSSR count). The zero-order valence-electron chi connectivity index (χ0n) is 10.5. The summed E-state index contributed by atoms with van der Waals surface area (Å²) in [7, 11) is 1.68. The van der Waals surface area contributed by atoms with Crippen LogP contribution in [0.3, 0.4) is 0 Å². The van der Waals surface area contributed by atoms with Gasteiger partial charge in [-0.1, -0.05) is 0 Å². The van der Waals surface area contributed by atoms with Crippen molar-refractivity contribution in [2.24, 2.45) is 5.10 Å². The maximum atomic E-state index is 5.01. The Balaban J connectivity index is 1.63. The van der Waals surface area contributed by atoms with E-state index >= 15 is 0 Å². The number of anilines is 1. The van der Waals surface area contributed by atoms with Gasteiger partial charge in [-0.3, -0.25) is 20.5 Å². The molecule has 3 N–H and O–H groups in total. The average molecular weight is 261 g/mol. The first-order chi connectivity index (χ1) is 9.35. The lowest BCUT2D eigenvalue weighted by Gasteiger charge is -2.20. The molecule has 3 heterocycles. The molecule has 0 fully saturated rings. The van der Waals surface area contributed by atoms with Crippen LogP contribution in [0.2, 0.25) is 0 Å². The van der Waals surface area contributed by atoms with Gasteiger partial charge in [-0.05, 0) is 6.08 Å². The van der Waals surface area contributed by atoms with Crippen molar-refractivity contribution in [3.05, 3.63) is 36.6 Å². The fraction of sp³-hybridized carbons (Fsp3) is 0.273. The lowest BCUT2D eigenvalue weighted by molar-refractivity contribution is 0.183. The second kappa shape index (κ2) is 5.02. The van der Waals surface area contributed by atoms with E-state index in [4.69, 9.17) is 4.74 Å². The summed E-state index contributed by atoms with van der Waals surface area (Å²) in [5.74, 6) is 0. The van der Waals surface area contributed by atoms with Crippen LogP contribution in [-0.2, 0) is 11.3 Å². The second-order valence-electron chi connectivity index (χ2n) is 4.10. The third kappa shape index (κ3) is 2.52. The van der Waals surface area contributed by atoms with E-state index in [0.717, 1.165) is 23.6 Å². The summed E-state index contributed by atoms with van der Waals surface area (Å²) in [5, 5.41) is 10.1. The number of hydrogen-bond acceptors (Lipinski definition) is 7. The molecule has 100 valence electrons. The minimum absolute atomic E-state index is 0.643. The van der Waals surface area contributed by atoms with Crippen molar-refractivity contribution in [3.63, 3.8) is 0 Å². The van der Waals surface area contributed by atoms with Crippen LogP contribution in [0.25, 0.3) is 0 Å². The summed E-state index contributed by atoms with van der Waals surface area (Å²) in [4.78, 5) is 0. The van der Waals surface area contributed by atoms with Crippen molar-refractivity contribution in [2.75, 3.05) is 19.1 Å². The van der Waals surface area contributed by atoms with Crippen molar-refractivity contribution in [1.29, 1.82) is 0 Å². The van der Waals surface area contributed by atoms with Gasteiger partial charge in [-0.25, -0.2) is 5.53 Å². The Kier molecular flexibility index (Phi) is 3.07. The van der Waals surface area contributed by atoms with E-state index in [1.54, 1.807) is 13.3 Å². The number of aromatic nitrogens is 2. The summed E-state index contributed by atoms with van der Waals surface area (Å²) in [6.45, 7) is 1.38. The predicted molar refractivity (Wildman–Crippen MR) is 70.5 cm³/mol. The third-order valence-corrected chi connectivity index (χ3v) is 2.72. The molecule has 19 heavy (non-hydrogen) atoms. The van der Waals surface area contributed by atoms with Gasteiger partial charge in [0, 0.05) is 19.5 Å². The molecule has 1 aromatic rings. The van der Waals surface area contributed by atoms with Crippen LogP contribution < -0.4 is 16.4 Å². The molecule has 2 aliphatic rings. The standard InChI is InChI=1S/C11H15N7O/c1-19-5-4-17-7-9(6-12-17)15-18-3-2-10-11(8-18)14-16-13-10/h2-3,6-8,14-16H,4-5H2,1H3. The number of nitrogens with one attached hydrogen (secondary N) is 3. The number of methoxy groups -OCH3 is 1. The third-order valence-electron chi connectivity index (χ3n) is 2.72. The molecule has 1 aromatic heterocycles. The van der Waals surface area contributed by atoms with Crippen LogP contribution in [0.1, 0.15) is 0 Å². The summed E-state index contributed by atoms with van der Waals surface area (Å²) in [6.07, 6.45) is 9.40. The predicted octanol–water partition coefficient (Wildman–Crippen LogP) is -0.00910. The Morgan fingerprint density at radius 1 is 1.47 bits per heavy atom. The van der Waals surface area contributed by atoms with E-state index in [9.17, 15) is 0 Å². The quantitative estimate of drug-likeness (QED) is 0.692. The molecular weight excluding hydrogens is 246 g/mol. The first-order valence-corrected chi connectivity index (χ1v) is 5.90. The van der Waals surface area contributed by atoms with E-state index in [1.807, 2.05) is 34.4 Å². The maximum Gasteiger partial charge on any atom is 0.113 e. The fourth-order valence-electron chi connectivity index (χ4n) is 1.78. The average Bonchev–Trinajstić information content (AvgIpc) is 3.05. The minimum atomic E-state index is 0.643. The largest absolute Gasteiger partial charge is 0.383 e. The van der Waals surface area contributed by atoms with E-state index in [-0.39, 0.29) is 0 Å². The van der Waals surface area contributed by atoms with Gasteiger partial charge in [-0.2, -0.15) is 10.2 Å². The van der Waals surface area contributed by atoms with Gasteiger partial charge in [0.2, 0.25) is 0 Å². The Morgan fingerprint density at radius 3 is 3.32 bits per heavy atom. The maximum absolute atomic E-state index is 5.01. The summed E-state index contributed by atoms with van der Waals surface area (Å²) < 4.78 is 6.84. The molecule has 0 bridgehead atoms. The second-order valence-corrected chi connectivity index (χ2v) is 4.10. The molecule has 0 amide bonds. The van der Waals surface area contributed by atoms with E-state index in [1.165, 1.54) is 0 Å². The molecule has 0 radical (unpaired) electrons.